The van der Waals surface area contributed by atoms with Crippen LogP contribution in [0.1, 0.15) is 0 Å². The minimum atomic E-state index is -0.224. The standard InChI is InChI=1S/C23H23NO5/c1-26-21-9-5-6-10-22(21)27-16-15-24-23(25)17-28-18-11-13-20(14-12-18)29-19-7-3-2-4-8-19/h2-14H,15-17H2,1H3,(H,24,25). The molecule has 0 fully saturated rings. The van der Waals surface area contributed by atoms with Crippen molar-refractivity contribution in [1.82, 2.24) is 5.32 Å². The summed E-state index contributed by atoms with van der Waals surface area (Å²) < 4.78 is 22.0. The van der Waals surface area contributed by atoms with E-state index in [1.807, 2.05) is 54.6 Å². The van der Waals surface area contributed by atoms with Gasteiger partial charge in [0.2, 0.25) is 0 Å². The average molecular weight is 393 g/mol. The van der Waals surface area contributed by atoms with Gasteiger partial charge in [-0.15, -0.1) is 0 Å². The van der Waals surface area contributed by atoms with Crippen LogP contribution in [0.3, 0.4) is 0 Å². The Hall–Kier alpha value is -3.67. The highest BCUT2D eigenvalue weighted by Crippen LogP contribution is 2.25. The molecule has 3 aromatic rings. The van der Waals surface area contributed by atoms with E-state index in [1.54, 1.807) is 31.4 Å². The fourth-order valence-electron chi connectivity index (χ4n) is 2.52. The summed E-state index contributed by atoms with van der Waals surface area (Å²) in [4.78, 5) is 11.9. The van der Waals surface area contributed by atoms with Crippen LogP contribution in [0.25, 0.3) is 0 Å². The molecule has 0 atom stereocenters. The van der Waals surface area contributed by atoms with E-state index in [2.05, 4.69) is 5.32 Å². The highest BCUT2D eigenvalue weighted by atomic mass is 16.5. The SMILES string of the molecule is COc1ccccc1OCCNC(=O)COc1ccc(Oc2ccccc2)cc1. The van der Waals surface area contributed by atoms with Crippen LogP contribution in [0, 0.1) is 0 Å². The number of hydrogen-bond donors (Lipinski definition) is 1. The van der Waals surface area contributed by atoms with Crippen LogP contribution in [0.15, 0.2) is 78.9 Å². The van der Waals surface area contributed by atoms with E-state index in [0.29, 0.717) is 36.1 Å². The summed E-state index contributed by atoms with van der Waals surface area (Å²) >= 11 is 0. The van der Waals surface area contributed by atoms with Crippen molar-refractivity contribution in [2.24, 2.45) is 0 Å². The van der Waals surface area contributed by atoms with E-state index in [0.717, 1.165) is 5.75 Å². The number of para-hydroxylation sites is 3. The molecule has 0 saturated carbocycles. The first-order valence-electron chi connectivity index (χ1n) is 9.23. The normalized spacial score (nSPS) is 10.1. The van der Waals surface area contributed by atoms with Crippen LogP contribution < -0.4 is 24.3 Å². The summed E-state index contributed by atoms with van der Waals surface area (Å²) in [5.41, 5.74) is 0. The van der Waals surface area contributed by atoms with Crippen molar-refractivity contribution in [2.75, 3.05) is 26.9 Å². The number of rotatable bonds is 10. The Labute approximate surface area is 170 Å². The number of ether oxygens (including phenoxy) is 4. The summed E-state index contributed by atoms with van der Waals surface area (Å²) in [5, 5.41) is 2.75. The molecule has 3 aromatic carbocycles. The molecule has 0 radical (unpaired) electrons. The van der Waals surface area contributed by atoms with E-state index in [-0.39, 0.29) is 12.5 Å². The molecule has 0 aliphatic rings. The molecule has 0 spiro atoms. The Morgan fingerprint density at radius 3 is 2.10 bits per heavy atom. The van der Waals surface area contributed by atoms with E-state index >= 15 is 0 Å². The minimum absolute atomic E-state index is 0.0758. The Bertz CT molecular complexity index is 897. The monoisotopic (exact) mass is 393 g/mol. The van der Waals surface area contributed by atoms with Crippen molar-refractivity contribution in [3.63, 3.8) is 0 Å². The van der Waals surface area contributed by atoms with Gasteiger partial charge >= 0.3 is 0 Å². The van der Waals surface area contributed by atoms with Gasteiger partial charge in [-0.25, -0.2) is 0 Å². The van der Waals surface area contributed by atoms with Gasteiger partial charge in [0.15, 0.2) is 18.1 Å². The Kier molecular flexibility index (Phi) is 7.34. The lowest BCUT2D eigenvalue weighted by Crippen LogP contribution is -2.32. The molecule has 0 aliphatic carbocycles. The molecule has 6 heteroatoms. The summed E-state index contributed by atoms with van der Waals surface area (Å²) in [6.07, 6.45) is 0. The zero-order valence-corrected chi connectivity index (χ0v) is 16.2. The number of amides is 1. The molecule has 29 heavy (non-hydrogen) atoms. The number of methoxy groups -OCH3 is 1. The van der Waals surface area contributed by atoms with Gasteiger partial charge in [0, 0.05) is 0 Å². The summed E-state index contributed by atoms with van der Waals surface area (Å²) in [6.45, 7) is 0.620. The fourth-order valence-corrected chi connectivity index (χ4v) is 2.52. The topological polar surface area (TPSA) is 66.0 Å². The highest BCUT2D eigenvalue weighted by molar-refractivity contribution is 5.77. The van der Waals surface area contributed by atoms with Gasteiger partial charge in [-0.1, -0.05) is 30.3 Å². The van der Waals surface area contributed by atoms with Crippen LogP contribution in [-0.2, 0) is 4.79 Å². The van der Waals surface area contributed by atoms with Crippen molar-refractivity contribution >= 4 is 5.91 Å². The van der Waals surface area contributed by atoms with E-state index in [9.17, 15) is 4.79 Å². The van der Waals surface area contributed by atoms with Crippen molar-refractivity contribution in [3.8, 4) is 28.7 Å². The largest absolute Gasteiger partial charge is 0.493 e. The van der Waals surface area contributed by atoms with Gasteiger partial charge in [-0.2, -0.15) is 0 Å². The first-order chi connectivity index (χ1) is 14.2. The van der Waals surface area contributed by atoms with Crippen molar-refractivity contribution in [2.45, 2.75) is 0 Å². The van der Waals surface area contributed by atoms with Gasteiger partial charge in [0.25, 0.3) is 5.91 Å². The molecule has 1 N–H and O–H groups in total. The maximum absolute atomic E-state index is 11.9. The smallest absolute Gasteiger partial charge is 0.258 e. The zero-order chi connectivity index (χ0) is 20.3. The molecule has 1 amide bonds. The quantitative estimate of drug-likeness (QED) is 0.526. The predicted octanol–water partition coefficient (Wildman–Crippen LogP) is 4.06. The lowest BCUT2D eigenvalue weighted by molar-refractivity contribution is -0.123. The van der Waals surface area contributed by atoms with Crippen molar-refractivity contribution < 1.29 is 23.7 Å². The maximum Gasteiger partial charge on any atom is 0.258 e. The highest BCUT2D eigenvalue weighted by Gasteiger charge is 2.05. The Morgan fingerprint density at radius 1 is 0.759 bits per heavy atom. The number of carbonyl (C=O) groups excluding carboxylic acids is 1. The van der Waals surface area contributed by atoms with Crippen molar-refractivity contribution in [1.29, 1.82) is 0 Å². The van der Waals surface area contributed by atoms with Crippen LogP contribution in [0.2, 0.25) is 0 Å². The first kappa shape index (κ1) is 20.1. The van der Waals surface area contributed by atoms with Gasteiger partial charge in [-0.05, 0) is 48.5 Å². The Morgan fingerprint density at radius 2 is 1.38 bits per heavy atom. The molecule has 0 bridgehead atoms. The maximum atomic E-state index is 11.9. The van der Waals surface area contributed by atoms with Gasteiger partial charge in [-0.3, -0.25) is 4.79 Å². The molecular formula is C23H23NO5. The van der Waals surface area contributed by atoms with E-state index in [1.165, 1.54) is 0 Å². The van der Waals surface area contributed by atoms with Crippen LogP contribution >= 0.6 is 0 Å². The summed E-state index contributed by atoms with van der Waals surface area (Å²) in [6, 6.07) is 24.0. The van der Waals surface area contributed by atoms with Crippen LogP contribution in [0.4, 0.5) is 0 Å². The van der Waals surface area contributed by atoms with Crippen LogP contribution in [0.5, 0.6) is 28.7 Å². The second kappa shape index (κ2) is 10.6. The molecule has 0 heterocycles. The van der Waals surface area contributed by atoms with Gasteiger partial charge < -0.3 is 24.3 Å². The third kappa shape index (κ3) is 6.46. The van der Waals surface area contributed by atoms with Gasteiger partial charge in [0.1, 0.15) is 23.9 Å². The van der Waals surface area contributed by atoms with Crippen molar-refractivity contribution in [3.05, 3.63) is 78.9 Å². The molecular weight excluding hydrogens is 370 g/mol. The van der Waals surface area contributed by atoms with Crippen LogP contribution in [-0.4, -0.2) is 32.8 Å². The molecule has 6 nitrogen and oxygen atoms in total. The summed E-state index contributed by atoms with van der Waals surface area (Å²) in [5.74, 6) is 3.11. The first-order valence-corrected chi connectivity index (χ1v) is 9.23. The minimum Gasteiger partial charge on any atom is -0.493 e. The fraction of sp³-hybridized carbons (Fsp3) is 0.174. The van der Waals surface area contributed by atoms with E-state index < -0.39 is 0 Å². The molecule has 0 saturated heterocycles. The second-order valence-electron chi connectivity index (χ2n) is 6.02. The number of benzene rings is 3. The molecule has 150 valence electrons. The average Bonchev–Trinajstić information content (AvgIpc) is 2.77. The number of carbonyl (C=O) groups is 1. The van der Waals surface area contributed by atoms with Gasteiger partial charge in [0.05, 0.1) is 13.7 Å². The predicted molar refractivity (Wildman–Crippen MR) is 110 cm³/mol. The van der Waals surface area contributed by atoms with E-state index in [4.69, 9.17) is 18.9 Å². The molecule has 0 aromatic heterocycles. The zero-order valence-electron chi connectivity index (χ0n) is 16.2. The third-order valence-corrected chi connectivity index (χ3v) is 3.92. The number of nitrogens with one attached hydrogen (secondary N) is 1. The molecule has 0 aliphatic heterocycles. The lowest BCUT2D eigenvalue weighted by Gasteiger charge is -2.11. The number of hydrogen-bond acceptors (Lipinski definition) is 5. The molecule has 0 unspecified atom stereocenters. The lowest BCUT2D eigenvalue weighted by atomic mass is 10.3. The third-order valence-electron chi connectivity index (χ3n) is 3.92. The molecule has 3 rings (SSSR count). The summed E-state index contributed by atoms with van der Waals surface area (Å²) in [7, 11) is 1.58. The Balaban J connectivity index is 1.36. The second-order valence-corrected chi connectivity index (χ2v) is 6.02.